The van der Waals surface area contributed by atoms with Crippen LogP contribution in [0.3, 0.4) is 0 Å². The number of halogens is 2. The molecule has 1 N–H and O–H groups in total. The van der Waals surface area contributed by atoms with Gasteiger partial charge >= 0.3 is 0 Å². The number of amides is 1. The van der Waals surface area contributed by atoms with Crippen molar-refractivity contribution in [3.63, 3.8) is 0 Å². The topological polar surface area (TPSA) is 60.5 Å². The number of benzene rings is 1. The third-order valence-corrected chi connectivity index (χ3v) is 3.31. The molecule has 5 nitrogen and oxygen atoms in total. The van der Waals surface area contributed by atoms with Gasteiger partial charge in [0, 0.05) is 5.56 Å². The predicted molar refractivity (Wildman–Crippen MR) is 72.8 cm³/mol. The van der Waals surface area contributed by atoms with Gasteiger partial charge in [0.15, 0.2) is 0 Å². The van der Waals surface area contributed by atoms with Crippen molar-refractivity contribution in [2.45, 2.75) is 6.04 Å². The summed E-state index contributed by atoms with van der Waals surface area (Å²) in [6.45, 7) is 0.176. The zero-order valence-corrected chi connectivity index (χ0v) is 11.6. The van der Waals surface area contributed by atoms with Crippen LogP contribution in [0.5, 0.6) is 11.6 Å². The SMILES string of the molecule is COc1ncc(F)cc1C(=O)NC1COc2ccc(F)cc21. The molecule has 0 aliphatic carbocycles. The summed E-state index contributed by atoms with van der Waals surface area (Å²) < 4.78 is 36.9. The number of aromatic nitrogens is 1. The van der Waals surface area contributed by atoms with Gasteiger partial charge in [0.25, 0.3) is 5.91 Å². The smallest absolute Gasteiger partial charge is 0.257 e. The Morgan fingerprint density at radius 2 is 2.18 bits per heavy atom. The summed E-state index contributed by atoms with van der Waals surface area (Å²) in [4.78, 5) is 16.0. The van der Waals surface area contributed by atoms with E-state index in [0.717, 1.165) is 12.3 Å². The van der Waals surface area contributed by atoms with Crippen LogP contribution < -0.4 is 14.8 Å². The average molecular weight is 306 g/mol. The van der Waals surface area contributed by atoms with E-state index >= 15 is 0 Å². The zero-order chi connectivity index (χ0) is 15.7. The lowest BCUT2D eigenvalue weighted by molar-refractivity contribution is 0.0926. The molecule has 1 aromatic carbocycles. The van der Waals surface area contributed by atoms with Gasteiger partial charge in [0.2, 0.25) is 5.88 Å². The largest absolute Gasteiger partial charge is 0.491 e. The Morgan fingerprint density at radius 1 is 1.36 bits per heavy atom. The van der Waals surface area contributed by atoms with E-state index in [-0.39, 0.29) is 18.1 Å². The Balaban J connectivity index is 1.85. The Hall–Kier alpha value is -2.70. The van der Waals surface area contributed by atoms with Crippen molar-refractivity contribution in [2.24, 2.45) is 0 Å². The normalized spacial score (nSPS) is 15.9. The first-order chi connectivity index (χ1) is 10.6. The van der Waals surface area contributed by atoms with Crippen LogP contribution >= 0.6 is 0 Å². The van der Waals surface area contributed by atoms with Crippen LogP contribution in [0, 0.1) is 11.6 Å². The molecule has 1 amide bonds. The number of hydrogen-bond acceptors (Lipinski definition) is 4. The summed E-state index contributed by atoms with van der Waals surface area (Å²) in [5.41, 5.74) is 0.504. The Bertz CT molecular complexity index is 737. The Labute approximate surface area is 124 Å². The van der Waals surface area contributed by atoms with Crippen LogP contribution in [0.15, 0.2) is 30.5 Å². The zero-order valence-electron chi connectivity index (χ0n) is 11.6. The maximum atomic E-state index is 13.3. The van der Waals surface area contributed by atoms with Gasteiger partial charge in [-0.25, -0.2) is 13.8 Å². The minimum Gasteiger partial charge on any atom is -0.491 e. The lowest BCUT2D eigenvalue weighted by Crippen LogP contribution is -2.30. The third-order valence-electron chi connectivity index (χ3n) is 3.31. The summed E-state index contributed by atoms with van der Waals surface area (Å²) >= 11 is 0. The molecule has 1 aliphatic rings. The van der Waals surface area contributed by atoms with Gasteiger partial charge in [0.1, 0.15) is 29.6 Å². The van der Waals surface area contributed by atoms with Gasteiger partial charge in [-0.15, -0.1) is 0 Å². The number of nitrogens with one attached hydrogen (secondary N) is 1. The Kier molecular flexibility index (Phi) is 3.62. The van der Waals surface area contributed by atoms with E-state index in [9.17, 15) is 13.6 Å². The number of ether oxygens (including phenoxy) is 2. The average Bonchev–Trinajstić information content (AvgIpc) is 2.89. The number of pyridine rings is 1. The van der Waals surface area contributed by atoms with E-state index < -0.39 is 23.6 Å². The first-order valence-corrected chi connectivity index (χ1v) is 6.51. The second-order valence-electron chi connectivity index (χ2n) is 4.73. The molecule has 0 radical (unpaired) electrons. The first-order valence-electron chi connectivity index (χ1n) is 6.51. The van der Waals surface area contributed by atoms with E-state index in [4.69, 9.17) is 9.47 Å². The fourth-order valence-electron chi connectivity index (χ4n) is 2.29. The molecule has 114 valence electrons. The molecule has 1 aromatic heterocycles. The van der Waals surface area contributed by atoms with Crippen molar-refractivity contribution < 1.29 is 23.0 Å². The molecule has 3 rings (SSSR count). The summed E-state index contributed by atoms with van der Waals surface area (Å²) in [5.74, 6) is -1.13. The third kappa shape index (κ3) is 2.57. The molecule has 2 aromatic rings. The molecular formula is C15H12F2N2O3. The van der Waals surface area contributed by atoms with Gasteiger partial charge in [-0.05, 0) is 24.3 Å². The number of hydrogen-bond donors (Lipinski definition) is 1. The summed E-state index contributed by atoms with van der Waals surface area (Å²) in [7, 11) is 1.33. The van der Waals surface area contributed by atoms with Crippen LogP contribution in [0.1, 0.15) is 22.0 Å². The second-order valence-corrected chi connectivity index (χ2v) is 4.73. The number of carbonyl (C=O) groups excluding carboxylic acids is 1. The highest BCUT2D eigenvalue weighted by Gasteiger charge is 2.27. The monoisotopic (exact) mass is 306 g/mol. The standard InChI is InChI=1S/C15H12F2N2O3/c1-21-15-11(5-9(17)6-18-15)14(20)19-12-7-22-13-3-2-8(16)4-10(12)13/h2-6,12H,7H2,1H3,(H,19,20). The highest BCUT2D eigenvalue weighted by molar-refractivity contribution is 5.96. The predicted octanol–water partition coefficient (Wildman–Crippen LogP) is 2.23. The molecule has 0 spiro atoms. The number of nitrogens with zero attached hydrogens (tertiary/aromatic N) is 1. The quantitative estimate of drug-likeness (QED) is 0.944. The van der Waals surface area contributed by atoms with Crippen LogP contribution in [0.2, 0.25) is 0 Å². The maximum Gasteiger partial charge on any atom is 0.257 e. The number of carbonyl (C=O) groups is 1. The van der Waals surface area contributed by atoms with Crippen LogP contribution in [-0.4, -0.2) is 24.6 Å². The molecular weight excluding hydrogens is 294 g/mol. The van der Waals surface area contributed by atoms with Gasteiger partial charge < -0.3 is 14.8 Å². The summed E-state index contributed by atoms with van der Waals surface area (Å²) in [6.07, 6.45) is 0.957. The van der Waals surface area contributed by atoms with Crippen molar-refractivity contribution in [2.75, 3.05) is 13.7 Å². The molecule has 0 saturated carbocycles. The number of rotatable bonds is 3. The van der Waals surface area contributed by atoms with E-state index in [2.05, 4.69) is 10.3 Å². The summed E-state index contributed by atoms with van der Waals surface area (Å²) in [5, 5.41) is 2.66. The van der Waals surface area contributed by atoms with Crippen LogP contribution in [-0.2, 0) is 0 Å². The van der Waals surface area contributed by atoms with E-state index in [1.807, 2.05) is 0 Å². The van der Waals surface area contributed by atoms with Gasteiger partial charge in [-0.1, -0.05) is 0 Å². The van der Waals surface area contributed by atoms with Crippen molar-refractivity contribution in [3.05, 3.63) is 53.2 Å². The van der Waals surface area contributed by atoms with Crippen LogP contribution in [0.4, 0.5) is 8.78 Å². The molecule has 22 heavy (non-hydrogen) atoms. The van der Waals surface area contributed by atoms with Crippen molar-refractivity contribution in [1.29, 1.82) is 0 Å². The highest BCUT2D eigenvalue weighted by Crippen LogP contribution is 2.33. The first kappa shape index (κ1) is 14.2. The molecule has 0 fully saturated rings. The lowest BCUT2D eigenvalue weighted by Gasteiger charge is -2.13. The molecule has 1 aliphatic heterocycles. The minimum atomic E-state index is -0.653. The van der Waals surface area contributed by atoms with Crippen LogP contribution in [0.25, 0.3) is 0 Å². The van der Waals surface area contributed by atoms with E-state index in [1.165, 1.54) is 25.3 Å². The maximum absolute atomic E-state index is 13.3. The Morgan fingerprint density at radius 3 is 2.95 bits per heavy atom. The molecule has 1 unspecified atom stereocenters. The van der Waals surface area contributed by atoms with Crippen molar-refractivity contribution >= 4 is 5.91 Å². The van der Waals surface area contributed by atoms with Gasteiger partial charge in [0.05, 0.1) is 19.3 Å². The van der Waals surface area contributed by atoms with E-state index in [0.29, 0.717) is 11.3 Å². The number of fused-ring (bicyclic) bond motifs is 1. The fourth-order valence-corrected chi connectivity index (χ4v) is 2.29. The molecule has 0 bridgehead atoms. The van der Waals surface area contributed by atoms with Crippen molar-refractivity contribution in [3.8, 4) is 11.6 Å². The second kappa shape index (κ2) is 5.59. The van der Waals surface area contributed by atoms with E-state index in [1.54, 1.807) is 0 Å². The molecule has 0 saturated heterocycles. The van der Waals surface area contributed by atoms with Gasteiger partial charge in [-0.2, -0.15) is 0 Å². The molecule has 7 heteroatoms. The van der Waals surface area contributed by atoms with Gasteiger partial charge in [-0.3, -0.25) is 4.79 Å². The minimum absolute atomic E-state index is 0.0114. The lowest BCUT2D eigenvalue weighted by atomic mass is 10.1. The summed E-state index contributed by atoms with van der Waals surface area (Å²) in [6, 6.07) is 4.59. The fraction of sp³-hybridized carbons (Fsp3) is 0.200. The molecule has 2 heterocycles. The number of methoxy groups -OCH3 is 1. The highest BCUT2D eigenvalue weighted by atomic mass is 19.1. The van der Waals surface area contributed by atoms with Crippen molar-refractivity contribution in [1.82, 2.24) is 10.3 Å². The molecule has 1 atom stereocenters.